The summed E-state index contributed by atoms with van der Waals surface area (Å²) in [6.07, 6.45) is 1.42. The van der Waals surface area contributed by atoms with Crippen molar-refractivity contribution in [3.05, 3.63) is 23.3 Å². The maximum atomic E-state index is 12.6. The number of aliphatic hydroxyl groups excluding tert-OH is 1. The Kier molecular flexibility index (Phi) is 2.45. The minimum atomic E-state index is -1.28. The van der Waals surface area contributed by atoms with Crippen LogP contribution >= 0.6 is 0 Å². The highest BCUT2D eigenvalue weighted by molar-refractivity contribution is 5.90. The van der Waals surface area contributed by atoms with Crippen molar-refractivity contribution < 1.29 is 24.5 Å². The molecule has 1 aromatic rings. The average Bonchev–Trinajstić information content (AvgIpc) is 2.86. The number of hydrogen-bond donors (Lipinski definition) is 2. The molecule has 5 rings (SSSR count). The lowest BCUT2D eigenvalue weighted by Crippen LogP contribution is -2.75. The molecule has 5 atom stereocenters. The molecule has 2 N–H and O–H groups in total. The largest absolute Gasteiger partial charge is 0.493 e. The Morgan fingerprint density at radius 1 is 1.35 bits per heavy atom. The fourth-order valence-electron chi connectivity index (χ4n) is 5.86. The van der Waals surface area contributed by atoms with E-state index >= 15 is 0 Å². The van der Waals surface area contributed by atoms with Gasteiger partial charge in [0.05, 0.1) is 18.6 Å². The Balaban J connectivity index is 1.88. The fraction of sp³-hybridized carbons (Fsp3) is 0.611. The van der Waals surface area contributed by atoms with Gasteiger partial charge in [0.2, 0.25) is 0 Å². The maximum absolute atomic E-state index is 12.6. The molecule has 0 radical (unpaired) electrons. The van der Waals surface area contributed by atoms with Crippen LogP contribution in [0.5, 0.6) is 11.5 Å². The third-order valence-electron chi connectivity index (χ3n) is 6.68. The summed E-state index contributed by atoms with van der Waals surface area (Å²) >= 11 is 0. The molecule has 2 unspecified atom stereocenters. The molecule has 2 bridgehead atoms. The van der Waals surface area contributed by atoms with Crippen molar-refractivity contribution in [2.75, 3.05) is 7.11 Å². The molecule has 1 spiro atoms. The Morgan fingerprint density at radius 3 is 2.96 bits per heavy atom. The minimum Gasteiger partial charge on any atom is -0.493 e. The summed E-state index contributed by atoms with van der Waals surface area (Å²) in [7, 11) is 1.58. The lowest BCUT2D eigenvalue weighted by Gasteiger charge is -2.61. The van der Waals surface area contributed by atoms with E-state index in [1.807, 2.05) is 12.1 Å². The van der Waals surface area contributed by atoms with Crippen LogP contribution in [0.2, 0.25) is 0 Å². The normalized spacial score (nSPS) is 42.9. The Hall–Kier alpha value is -1.59. The van der Waals surface area contributed by atoms with Crippen LogP contribution in [-0.4, -0.2) is 40.9 Å². The average molecular weight is 316 g/mol. The van der Waals surface area contributed by atoms with Crippen LogP contribution in [0.25, 0.3) is 0 Å². The fourth-order valence-corrected chi connectivity index (χ4v) is 5.86. The number of rotatable bonds is 1. The van der Waals surface area contributed by atoms with Gasteiger partial charge >= 0.3 is 0 Å². The Labute approximate surface area is 134 Å². The second-order valence-electron chi connectivity index (χ2n) is 7.41. The maximum Gasteiger partial charge on any atom is 0.177 e. The lowest BCUT2D eigenvalue weighted by molar-refractivity contribution is -0.219. The molecule has 5 nitrogen and oxygen atoms in total. The van der Waals surface area contributed by atoms with E-state index in [2.05, 4.69) is 0 Å². The SMILES string of the molecule is COc1ccc2c3c1O[C@H]1C(=O)CC(O)[C@@]4(O)[C@H](CCCC314)C2. The van der Waals surface area contributed by atoms with Crippen molar-refractivity contribution in [1.82, 2.24) is 0 Å². The molecule has 1 aromatic carbocycles. The summed E-state index contributed by atoms with van der Waals surface area (Å²) in [5.74, 6) is 1.05. The molecule has 0 saturated heterocycles. The third kappa shape index (κ3) is 1.28. The second-order valence-corrected chi connectivity index (χ2v) is 7.41. The number of carbonyl (C=O) groups excluding carboxylic acids is 1. The highest BCUT2D eigenvalue weighted by Crippen LogP contribution is 2.66. The summed E-state index contributed by atoms with van der Waals surface area (Å²) in [6, 6.07) is 3.90. The van der Waals surface area contributed by atoms with E-state index in [4.69, 9.17) is 9.47 Å². The van der Waals surface area contributed by atoms with Gasteiger partial charge in [-0.05, 0) is 36.8 Å². The quantitative estimate of drug-likeness (QED) is 0.812. The van der Waals surface area contributed by atoms with Gasteiger partial charge in [0, 0.05) is 12.0 Å². The van der Waals surface area contributed by atoms with Crippen LogP contribution in [-0.2, 0) is 16.6 Å². The van der Waals surface area contributed by atoms with E-state index in [9.17, 15) is 15.0 Å². The van der Waals surface area contributed by atoms with Crippen LogP contribution in [0.15, 0.2) is 12.1 Å². The van der Waals surface area contributed by atoms with E-state index in [1.165, 1.54) is 0 Å². The smallest absolute Gasteiger partial charge is 0.177 e. The molecule has 0 amide bonds. The number of Topliss-reactive ketones (excluding diaryl/α,β-unsaturated/α-hetero) is 1. The van der Waals surface area contributed by atoms with Crippen LogP contribution in [0.3, 0.4) is 0 Å². The van der Waals surface area contributed by atoms with E-state index in [0.29, 0.717) is 24.3 Å². The Morgan fingerprint density at radius 2 is 2.17 bits per heavy atom. The Bertz CT molecular complexity index is 728. The molecule has 5 heteroatoms. The first-order valence-corrected chi connectivity index (χ1v) is 8.34. The number of ketones is 1. The van der Waals surface area contributed by atoms with Gasteiger partial charge in [-0.2, -0.15) is 0 Å². The summed E-state index contributed by atoms with van der Waals surface area (Å²) in [5, 5.41) is 22.3. The first-order chi connectivity index (χ1) is 11.0. The van der Waals surface area contributed by atoms with Crippen molar-refractivity contribution in [2.45, 2.75) is 55.3 Å². The number of aliphatic hydroxyl groups is 2. The number of benzene rings is 1. The third-order valence-corrected chi connectivity index (χ3v) is 6.68. The summed E-state index contributed by atoms with van der Waals surface area (Å²) in [4.78, 5) is 12.6. The molecule has 1 heterocycles. The molecule has 3 aliphatic carbocycles. The predicted octanol–water partition coefficient (Wildman–Crippen LogP) is 1.11. The summed E-state index contributed by atoms with van der Waals surface area (Å²) in [6.45, 7) is 0. The number of methoxy groups -OCH3 is 1. The van der Waals surface area contributed by atoms with Crippen molar-refractivity contribution >= 4 is 5.78 Å². The number of hydrogen-bond acceptors (Lipinski definition) is 5. The first-order valence-electron chi connectivity index (χ1n) is 8.34. The molecule has 4 aliphatic rings. The zero-order valence-electron chi connectivity index (χ0n) is 13.0. The van der Waals surface area contributed by atoms with Gasteiger partial charge in [-0.1, -0.05) is 12.5 Å². The monoisotopic (exact) mass is 316 g/mol. The van der Waals surface area contributed by atoms with Gasteiger partial charge in [-0.25, -0.2) is 0 Å². The van der Waals surface area contributed by atoms with Crippen LogP contribution < -0.4 is 9.47 Å². The summed E-state index contributed by atoms with van der Waals surface area (Å²) in [5.41, 5.74) is -0.0664. The van der Waals surface area contributed by atoms with E-state index in [1.54, 1.807) is 7.11 Å². The number of carbonyl (C=O) groups is 1. The lowest BCUT2D eigenvalue weighted by atomic mass is 9.45. The van der Waals surface area contributed by atoms with Crippen molar-refractivity contribution in [3.63, 3.8) is 0 Å². The standard InChI is InChI=1S/C18H20O5/c1-22-12-5-4-9-7-10-3-2-6-17-14(9)15(12)23-16(17)11(19)8-13(20)18(10,17)21/h4-5,10,13,16,20-21H,2-3,6-8H2,1H3/t10-,13?,16+,17?,18+/m1/s1. The second kappa shape index (κ2) is 4.08. The first kappa shape index (κ1) is 13.8. The van der Waals surface area contributed by atoms with Gasteiger partial charge in [0.15, 0.2) is 23.4 Å². The van der Waals surface area contributed by atoms with Gasteiger partial charge in [0.25, 0.3) is 0 Å². The van der Waals surface area contributed by atoms with E-state index in [0.717, 1.165) is 24.0 Å². The van der Waals surface area contributed by atoms with Crippen LogP contribution in [0, 0.1) is 5.92 Å². The highest BCUT2D eigenvalue weighted by Gasteiger charge is 2.74. The van der Waals surface area contributed by atoms with Gasteiger partial charge in [0.1, 0.15) is 5.60 Å². The van der Waals surface area contributed by atoms with Crippen molar-refractivity contribution in [2.24, 2.45) is 5.92 Å². The van der Waals surface area contributed by atoms with Gasteiger partial charge < -0.3 is 19.7 Å². The number of ether oxygens (including phenoxy) is 2. The van der Waals surface area contributed by atoms with E-state index in [-0.39, 0.29) is 18.1 Å². The molecule has 1 aliphatic heterocycles. The van der Waals surface area contributed by atoms with Gasteiger partial charge in [-0.15, -0.1) is 0 Å². The topological polar surface area (TPSA) is 76.0 Å². The highest BCUT2D eigenvalue weighted by atomic mass is 16.5. The molecular weight excluding hydrogens is 296 g/mol. The van der Waals surface area contributed by atoms with E-state index < -0.39 is 23.2 Å². The molecular formula is C18H20O5. The summed E-state index contributed by atoms with van der Waals surface area (Å²) < 4.78 is 11.5. The molecule has 2 saturated carbocycles. The van der Waals surface area contributed by atoms with Crippen LogP contribution in [0.4, 0.5) is 0 Å². The van der Waals surface area contributed by atoms with Crippen LogP contribution in [0.1, 0.15) is 36.8 Å². The molecule has 2 fully saturated rings. The molecule has 0 aromatic heterocycles. The zero-order chi connectivity index (χ0) is 16.0. The molecule has 23 heavy (non-hydrogen) atoms. The predicted molar refractivity (Wildman–Crippen MR) is 80.7 cm³/mol. The minimum absolute atomic E-state index is 0.0303. The van der Waals surface area contributed by atoms with Crippen molar-refractivity contribution in [3.8, 4) is 11.5 Å². The molecule has 122 valence electrons. The van der Waals surface area contributed by atoms with Crippen molar-refractivity contribution in [1.29, 1.82) is 0 Å². The zero-order valence-corrected chi connectivity index (χ0v) is 13.0. The van der Waals surface area contributed by atoms with Gasteiger partial charge in [-0.3, -0.25) is 4.79 Å².